The molecule has 0 saturated carbocycles. The zero-order chi connectivity index (χ0) is 12.1. The van der Waals surface area contributed by atoms with Gasteiger partial charge < -0.3 is 0 Å². The average Bonchev–Trinajstić information content (AvgIpc) is 2.30. The number of benzene rings is 2. The topological polar surface area (TPSA) is 0 Å². The van der Waals surface area contributed by atoms with Crippen LogP contribution in [0, 0.1) is 0 Å². The van der Waals surface area contributed by atoms with Crippen molar-refractivity contribution in [2.45, 2.75) is 19.2 Å². The third kappa shape index (κ3) is 3.25. The lowest BCUT2D eigenvalue weighted by Crippen LogP contribution is -1.89. The van der Waals surface area contributed by atoms with Crippen LogP contribution in [0.25, 0.3) is 0 Å². The average molecular weight is 198 g/mol. The van der Waals surface area contributed by atoms with Gasteiger partial charge in [-0.3, -0.25) is 0 Å². The molecule has 0 aromatic heterocycles. The Morgan fingerprint density at radius 1 is 0.667 bits per heavy atom. The molecule has 0 spiro atoms. The van der Waals surface area contributed by atoms with E-state index in [2.05, 4.69) is 0 Å². The molecule has 0 amide bonds. The monoisotopic (exact) mass is 198 g/mol. The lowest BCUT2D eigenvalue weighted by Gasteiger charge is -2.01. The summed E-state index contributed by atoms with van der Waals surface area (Å²) in [5.41, 5.74) is 2.10. The normalized spacial score (nSPS) is 13.1. The van der Waals surface area contributed by atoms with Gasteiger partial charge in [0.2, 0.25) is 0 Å². The molecule has 0 radical (unpaired) electrons. The van der Waals surface area contributed by atoms with Crippen LogP contribution < -0.4 is 0 Å². The van der Waals surface area contributed by atoms with Crippen LogP contribution in [0.5, 0.6) is 0 Å². The molecule has 2 aromatic carbocycles. The first-order valence-electron chi connectivity index (χ1n) is 6.24. The molecule has 0 nitrogen and oxygen atoms in total. The second-order valence-electron chi connectivity index (χ2n) is 3.57. The number of hydrogen-bond donors (Lipinski definition) is 0. The Morgan fingerprint density at radius 2 is 1.07 bits per heavy atom. The van der Waals surface area contributed by atoms with Gasteiger partial charge in [-0.1, -0.05) is 60.7 Å². The molecular formula is C15H16. The fourth-order valence-corrected chi connectivity index (χ4v) is 1.54. The van der Waals surface area contributed by atoms with E-state index in [1.165, 1.54) is 0 Å². The molecule has 15 heavy (non-hydrogen) atoms. The highest BCUT2D eigenvalue weighted by atomic mass is 14.0. The first kappa shape index (κ1) is 7.70. The fourth-order valence-electron chi connectivity index (χ4n) is 1.54. The van der Waals surface area contributed by atoms with E-state index in [-0.39, 0.29) is 0 Å². The summed E-state index contributed by atoms with van der Waals surface area (Å²) in [6.45, 7) is 0. The first-order valence-corrected chi connectivity index (χ1v) is 5.24. The van der Waals surface area contributed by atoms with E-state index in [1.54, 1.807) is 0 Å². The quantitative estimate of drug-likeness (QED) is 0.699. The Hall–Kier alpha value is -1.56. The van der Waals surface area contributed by atoms with Crippen LogP contribution in [0.15, 0.2) is 60.7 Å². The summed E-state index contributed by atoms with van der Waals surface area (Å²) in [5.74, 6) is 0. The third-order valence-electron chi connectivity index (χ3n) is 2.34. The zero-order valence-electron chi connectivity index (χ0n) is 10.7. The van der Waals surface area contributed by atoms with Crippen molar-refractivity contribution in [1.82, 2.24) is 0 Å². The molecule has 0 fully saturated rings. The van der Waals surface area contributed by atoms with E-state index in [4.69, 9.17) is 2.74 Å². The summed E-state index contributed by atoms with van der Waals surface area (Å²) in [5, 5.41) is 0. The minimum atomic E-state index is -1.19. The van der Waals surface area contributed by atoms with Gasteiger partial charge in [-0.15, -0.1) is 0 Å². The second kappa shape index (κ2) is 5.35. The Bertz CT molecular complexity index is 405. The largest absolute Gasteiger partial charge is 0.0622 e. The van der Waals surface area contributed by atoms with Crippen molar-refractivity contribution in [3.05, 3.63) is 71.8 Å². The smallest absolute Gasteiger partial charge is 0.0273 e. The maximum absolute atomic E-state index is 8.07. The predicted octanol–water partition coefficient (Wildman–Crippen LogP) is 3.86. The van der Waals surface area contributed by atoms with Gasteiger partial charge in [0, 0.05) is 2.74 Å². The number of hydrogen-bond acceptors (Lipinski definition) is 0. The maximum Gasteiger partial charge on any atom is 0.0273 e. The van der Waals surface area contributed by atoms with Gasteiger partial charge in [0.15, 0.2) is 0 Å². The Kier molecular flexibility index (Phi) is 2.75. The van der Waals surface area contributed by atoms with E-state index in [0.29, 0.717) is 12.8 Å². The minimum absolute atomic E-state index is 0.461. The molecule has 0 aliphatic rings. The van der Waals surface area contributed by atoms with Crippen molar-refractivity contribution < 1.29 is 2.74 Å². The van der Waals surface area contributed by atoms with Crippen LogP contribution >= 0.6 is 0 Å². The number of rotatable bonds is 4. The summed E-state index contributed by atoms with van der Waals surface area (Å²) in [4.78, 5) is 0. The van der Waals surface area contributed by atoms with Crippen molar-refractivity contribution in [3.8, 4) is 0 Å². The van der Waals surface area contributed by atoms with E-state index in [0.717, 1.165) is 11.1 Å². The fraction of sp³-hybridized carbons (Fsp3) is 0.200. The van der Waals surface area contributed by atoms with E-state index >= 15 is 0 Å². The molecule has 0 saturated heterocycles. The molecule has 0 N–H and O–H groups in total. The van der Waals surface area contributed by atoms with E-state index < -0.39 is 6.37 Å². The summed E-state index contributed by atoms with van der Waals surface area (Å²) < 4.78 is 16.1. The molecule has 0 unspecified atom stereocenters. The molecule has 2 aromatic rings. The van der Waals surface area contributed by atoms with Gasteiger partial charge in [-0.05, 0) is 30.3 Å². The van der Waals surface area contributed by atoms with Crippen molar-refractivity contribution in [3.63, 3.8) is 0 Å². The van der Waals surface area contributed by atoms with Gasteiger partial charge >= 0.3 is 0 Å². The Balaban J connectivity index is 2.04. The van der Waals surface area contributed by atoms with Gasteiger partial charge in [-0.2, -0.15) is 0 Å². The second-order valence-corrected chi connectivity index (χ2v) is 3.57. The lowest BCUT2D eigenvalue weighted by molar-refractivity contribution is 0.821. The summed E-state index contributed by atoms with van der Waals surface area (Å²) in [6, 6.07) is 19.6. The standard InChI is InChI=1S/C15H16/c1-3-8-14(9-4-1)12-7-13-15-10-5-2-6-11-15/h1-6,8-11H,7,12-13H2/i7D2. The zero-order valence-corrected chi connectivity index (χ0v) is 8.69. The highest BCUT2D eigenvalue weighted by Crippen LogP contribution is 2.07. The van der Waals surface area contributed by atoms with Crippen molar-refractivity contribution >= 4 is 0 Å². The van der Waals surface area contributed by atoms with Gasteiger partial charge in [0.25, 0.3) is 0 Å². The number of aryl methyl sites for hydroxylation is 2. The van der Waals surface area contributed by atoms with E-state index in [9.17, 15) is 0 Å². The van der Waals surface area contributed by atoms with Crippen molar-refractivity contribution in [2.24, 2.45) is 0 Å². The SMILES string of the molecule is [2H]C([2H])(Cc1ccccc1)Cc1ccccc1. The van der Waals surface area contributed by atoms with Crippen LogP contribution in [-0.4, -0.2) is 0 Å². The molecular weight excluding hydrogens is 180 g/mol. The van der Waals surface area contributed by atoms with Crippen LogP contribution in [-0.2, 0) is 12.8 Å². The van der Waals surface area contributed by atoms with Crippen molar-refractivity contribution in [1.29, 1.82) is 0 Å². The molecule has 0 aliphatic heterocycles. The molecule has 76 valence electrons. The van der Waals surface area contributed by atoms with Crippen LogP contribution in [0.3, 0.4) is 0 Å². The van der Waals surface area contributed by atoms with E-state index in [1.807, 2.05) is 60.7 Å². The summed E-state index contributed by atoms with van der Waals surface area (Å²) in [6.07, 6.45) is -0.270. The van der Waals surface area contributed by atoms with Crippen molar-refractivity contribution in [2.75, 3.05) is 0 Å². The van der Waals surface area contributed by atoms with Gasteiger partial charge in [0.1, 0.15) is 0 Å². The van der Waals surface area contributed by atoms with Crippen LogP contribution in [0.4, 0.5) is 0 Å². The first-order chi connectivity index (χ1) is 8.16. The minimum Gasteiger partial charge on any atom is -0.0622 e. The van der Waals surface area contributed by atoms with Crippen LogP contribution in [0.1, 0.15) is 20.2 Å². The summed E-state index contributed by atoms with van der Waals surface area (Å²) >= 11 is 0. The molecule has 0 atom stereocenters. The molecule has 0 aliphatic carbocycles. The third-order valence-corrected chi connectivity index (χ3v) is 2.34. The Labute approximate surface area is 94.4 Å². The predicted molar refractivity (Wildman–Crippen MR) is 64.9 cm³/mol. The molecule has 2 rings (SSSR count). The summed E-state index contributed by atoms with van der Waals surface area (Å²) in [7, 11) is 0. The lowest BCUT2D eigenvalue weighted by atomic mass is 10.0. The van der Waals surface area contributed by atoms with Gasteiger partial charge in [0.05, 0.1) is 0 Å². The highest BCUT2D eigenvalue weighted by Gasteiger charge is 1.93. The maximum atomic E-state index is 8.07. The highest BCUT2D eigenvalue weighted by molar-refractivity contribution is 5.17. The molecule has 0 bridgehead atoms. The van der Waals surface area contributed by atoms with Crippen LogP contribution in [0.2, 0.25) is 0 Å². The van der Waals surface area contributed by atoms with Gasteiger partial charge in [-0.25, -0.2) is 0 Å². The molecule has 0 heterocycles. The molecule has 0 heteroatoms. The Morgan fingerprint density at radius 3 is 1.47 bits per heavy atom.